The van der Waals surface area contributed by atoms with E-state index in [9.17, 15) is 27.8 Å². The molecule has 9 heteroatoms. The lowest BCUT2D eigenvalue weighted by Gasteiger charge is -2.44. The molecule has 3 N–H and O–H groups in total. The van der Waals surface area contributed by atoms with E-state index in [0.29, 0.717) is 16.7 Å². The molecule has 0 saturated carbocycles. The minimum Gasteiger partial charge on any atom is -0.504 e. The van der Waals surface area contributed by atoms with Gasteiger partial charge < -0.3 is 15.5 Å². The number of aromatic nitrogens is 2. The summed E-state index contributed by atoms with van der Waals surface area (Å²) in [4.78, 5) is 8.38. The van der Waals surface area contributed by atoms with Gasteiger partial charge in [-0.1, -0.05) is 18.2 Å². The van der Waals surface area contributed by atoms with Gasteiger partial charge in [0.2, 0.25) is 0 Å². The van der Waals surface area contributed by atoms with Gasteiger partial charge in [-0.15, -0.1) is 0 Å². The van der Waals surface area contributed by atoms with E-state index < -0.39 is 35.8 Å². The van der Waals surface area contributed by atoms with E-state index in [2.05, 4.69) is 15.3 Å². The number of hydrogen-bond donors (Lipinski definition) is 3. The maximum atomic E-state index is 14.2. The second-order valence-electron chi connectivity index (χ2n) is 7.51. The second-order valence-corrected chi connectivity index (χ2v) is 7.51. The molecule has 0 amide bonds. The third-order valence-electron chi connectivity index (χ3n) is 5.62. The largest absolute Gasteiger partial charge is 0.504 e. The molecule has 1 aromatic heterocycles. The summed E-state index contributed by atoms with van der Waals surface area (Å²) in [6.45, 7) is 3.16. The third kappa shape index (κ3) is 3.29. The number of rotatable bonds is 2. The van der Waals surface area contributed by atoms with Crippen molar-refractivity contribution >= 4 is 22.2 Å². The highest BCUT2D eigenvalue weighted by Crippen LogP contribution is 2.54. The molecule has 2 atom stereocenters. The number of alkyl halides is 3. The summed E-state index contributed by atoms with van der Waals surface area (Å²) in [6, 6.07) is 5.17. The molecule has 0 radical (unpaired) electrons. The molecule has 0 bridgehead atoms. The topological polar surface area (TPSA) is 78.3 Å². The predicted molar refractivity (Wildman–Crippen MR) is 108 cm³/mol. The Bertz CT molecular complexity index is 1210. The van der Waals surface area contributed by atoms with Crippen LogP contribution in [-0.4, -0.2) is 32.0 Å². The first-order chi connectivity index (χ1) is 14.6. The monoisotopic (exact) mass is 433 g/mol. The van der Waals surface area contributed by atoms with Crippen LogP contribution >= 0.6 is 0 Å². The SMILES string of the molecule is CC=C1C[C@](O)(C(F)(F)F)[C@H](Nc2cccc3nc(C)ncc23)c2ccc(F)c(O)c21. The average molecular weight is 433 g/mol. The first kappa shape index (κ1) is 21.0. The summed E-state index contributed by atoms with van der Waals surface area (Å²) in [5.41, 5.74) is -2.55. The molecule has 0 fully saturated rings. The Morgan fingerprint density at radius 1 is 1.23 bits per heavy atom. The lowest BCUT2D eigenvalue weighted by Crippen LogP contribution is -2.54. The minimum atomic E-state index is -5.02. The Kier molecular flexibility index (Phi) is 4.88. The van der Waals surface area contributed by atoms with Crippen molar-refractivity contribution in [1.29, 1.82) is 0 Å². The molecule has 1 aliphatic rings. The Labute approximate surface area is 175 Å². The molecule has 162 valence electrons. The van der Waals surface area contributed by atoms with Gasteiger partial charge in [-0.3, -0.25) is 0 Å². The van der Waals surface area contributed by atoms with Gasteiger partial charge in [0.15, 0.2) is 17.2 Å². The van der Waals surface area contributed by atoms with E-state index in [4.69, 9.17) is 0 Å². The summed E-state index contributed by atoms with van der Waals surface area (Å²) in [7, 11) is 0. The number of anilines is 1. The van der Waals surface area contributed by atoms with Gasteiger partial charge in [0.05, 0.1) is 11.6 Å². The van der Waals surface area contributed by atoms with Gasteiger partial charge >= 0.3 is 6.18 Å². The number of allylic oxidation sites excluding steroid dienone is 1. The van der Waals surface area contributed by atoms with Crippen molar-refractivity contribution in [2.24, 2.45) is 0 Å². The molecule has 2 aromatic carbocycles. The van der Waals surface area contributed by atoms with Gasteiger partial charge in [0.25, 0.3) is 0 Å². The van der Waals surface area contributed by atoms with Crippen LogP contribution in [-0.2, 0) is 0 Å². The van der Waals surface area contributed by atoms with Crippen LogP contribution in [0.25, 0.3) is 16.5 Å². The molecule has 31 heavy (non-hydrogen) atoms. The summed E-state index contributed by atoms with van der Waals surface area (Å²) < 4.78 is 56.5. The van der Waals surface area contributed by atoms with Gasteiger partial charge in [-0.2, -0.15) is 13.2 Å². The fourth-order valence-corrected chi connectivity index (χ4v) is 4.03. The standard InChI is InChI=1S/C22H19F4N3O2/c1-3-12-9-21(31,22(24,25)26)20(13-7-8-15(23)19(30)18(12)13)29-17-6-4-5-16-14(17)10-27-11(2)28-16/h3-8,10,20,29-31H,9H2,1-2H3/t20-,21-/m1/s1. The molecule has 3 aromatic rings. The third-order valence-corrected chi connectivity index (χ3v) is 5.62. The average Bonchev–Trinajstić information content (AvgIpc) is 2.71. The van der Waals surface area contributed by atoms with E-state index in [1.165, 1.54) is 19.2 Å². The number of phenols is 1. The number of nitrogens with one attached hydrogen (secondary N) is 1. The Morgan fingerprint density at radius 3 is 2.65 bits per heavy atom. The molecule has 0 spiro atoms. The number of hydrogen-bond acceptors (Lipinski definition) is 5. The summed E-state index contributed by atoms with van der Waals surface area (Å²) in [6.07, 6.45) is -3.05. The van der Waals surface area contributed by atoms with Crippen LogP contribution in [0.5, 0.6) is 5.75 Å². The first-order valence-electron chi connectivity index (χ1n) is 9.51. The number of benzene rings is 2. The van der Waals surface area contributed by atoms with E-state index in [-0.39, 0.29) is 22.4 Å². The van der Waals surface area contributed by atoms with Gasteiger partial charge in [0, 0.05) is 29.3 Å². The molecule has 5 nitrogen and oxygen atoms in total. The van der Waals surface area contributed by atoms with Crippen molar-refractivity contribution in [3.8, 4) is 5.75 Å². The van der Waals surface area contributed by atoms with Crippen LogP contribution in [0.1, 0.15) is 36.3 Å². The summed E-state index contributed by atoms with van der Waals surface area (Å²) >= 11 is 0. The highest BCUT2D eigenvalue weighted by atomic mass is 19.4. The maximum absolute atomic E-state index is 14.2. The van der Waals surface area contributed by atoms with Crippen LogP contribution in [0.15, 0.2) is 42.6 Å². The second kappa shape index (κ2) is 7.19. The van der Waals surface area contributed by atoms with Crippen molar-refractivity contribution in [2.45, 2.75) is 38.1 Å². The van der Waals surface area contributed by atoms with E-state index in [0.717, 1.165) is 12.1 Å². The van der Waals surface area contributed by atoms with Gasteiger partial charge in [-0.25, -0.2) is 14.4 Å². The maximum Gasteiger partial charge on any atom is 0.419 e. The zero-order valence-corrected chi connectivity index (χ0v) is 16.6. The van der Waals surface area contributed by atoms with Crippen molar-refractivity contribution in [3.63, 3.8) is 0 Å². The number of nitrogens with zero attached hydrogens (tertiary/aromatic N) is 2. The van der Waals surface area contributed by atoms with Crippen molar-refractivity contribution in [2.75, 3.05) is 5.32 Å². The zero-order valence-electron chi connectivity index (χ0n) is 16.6. The quantitative estimate of drug-likeness (QED) is 0.494. The number of fused-ring (bicyclic) bond motifs is 2. The van der Waals surface area contributed by atoms with Gasteiger partial charge in [-0.05, 0) is 43.2 Å². The smallest absolute Gasteiger partial charge is 0.419 e. The Hall–Kier alpha value is -3.20. The van der Waals surface area contributed by atoms with Crippen LogP contribution < -0.4 is 5.32 Å². The van der Waals surface area contributed by atoms with Crippen LogP contribution in [0.3, 0.4) is 0 Å². The Balaban J connectivity index is 1.95. The molecule has 0 unspecified atom stereocenters. The number of aromatic hydroxyl groups is 1. The zero-order chi connectivity index (χ0) is 22.6. The highest BCUT2D eigenvalue weighted by molar-refractivity contribution is 5.91. The van der Waals surface area contributed by atoms with Gasteiger partial charge in [0.1, 0.15) is 5.82 Å². The van der Waals surface area contributed by atoms with E-state index in [1.807, 2.05) is 0 Å². The molecule has 1 heterocycles. The molecule has 1 aliphatic carbocycles. The fourth-order valence-electron chi connectivity index (χ4n) is 4.03. The summed E-state index contributed by atoms with van der Waals surface area (Å²) in [5.74, 6) is -1.21. The van der Waals surface area contributed by atoms with Crippen LogP contribution in [0.4, 0.5) is 23.2 Å². The van der Waals surface area contributed by atoms with E-state index >= 15 is 0 Å². The number of phenolic OH excluding ortho intramolecular Hbond substituents is 1. The molecule has 4 rings (SSSR count). The van der Waals surface area contributed by atoms with Crippen molar-refractivity contribution in [1.82, 2.24) is 9.97 Å². The van der Waals surface area contributed by atoms with Crippen LogP contribution in [0, 0.1) is 12.7 Å². The van der Waals surface area contributed by atoms with E-state index in [1.54, 1.807) is 25.1 Å². The number of halogens is 4. The molecular weight excluding hydrogens is 414 g/mol. The molecular formula is C22H19F4N3O2. The predicted octanol–water partition coefficient (Wildman–Crippen LogP) is 5.04. The highest BCUT2D eigenvalue weighted by Gasteiger charge is 2.61. The van der Waals surface area contributed by atoms with Crippen molar-refractivity contribution < 1.29 is 27.8 Å². The first-order valence-corrected chi connectivity index (χ1v) is 9.51. The normalized spacial score (nSPS) is 22.5. The fraction of sp³-hybridized carbons (Fsp3) is 0.273. The minimum absolute atomic E-state index is 0.00162. The van der Waals surface area contributed by atoms with Crippen molar-refractivity contribution in [3.05, 3.63) is 65.4 Å². The lowest BCUT2D eigenvalue weighted by molar-refractivity contribution is -0.265. The Morgan fingerprint density at radius 2 is 1.97 bits per heavy atom. The summed E-state index contributed by atoms with van der Waals surface area (Å²) in [5, 5.41) is 24.4. The van der Waals surface area contributed by atoms with Crippen LogP contribution in [0.2, 0.25) is 0 Å². The molecule has 0 aliphatic heterocycles. The lowest BCUT2D eigenvalue weighted by atomic mass is 9.72. The number of aryl methyl sites for hydroxylation is 1. The number of aliphatic hydroxyl groups is 1. The molecule has 0 saturated heterocycles.